The van der Waals surface area contributed by atoms with Gasteiger partial charge in [-0.3, -0.25) is 14.5 Å². The second-order valence-corrected chi connectivity index (χ2v) is 8.92. The number of aromatic nitrogens is 2. The van der Waals surface area contributed by atoms with Crippen LogP contribution in [0.1, 0.15) is 18.4 Å². The van der Waals surface area contributed by atoms with E-state index in [0.29, 0.717) is 74.1 Å². The molecule has 5 rings (SSSR count). The van der Waals surface area contributed by atoms with Gasteiger partial charge in [-0.25, -0.2) is 9.97 Å². The first-order valence-electron chi connectivity index (χ1n) is 11.8. The number of aliphatic hydroxyl groups is 1. The molecule has 11 heteroatoms. The van der Waals surface area contributed by atoms with Crippen LogP contribution in [0.5, 0.6) is 5.75 Å². The first-order chi connectivity index (χ1) is 17.0. The number of nitrogens with one attached hydrogen (secondary N) is 3. The lowest BCUT2D eigenvalue weighted by Crippen LogP contribution is -2.45. The highest BCUT2D eigenvalue weighted by Gasteiger charge is 2.37. The number of ether oxygens (including phenoxy) is 1. The van der Waals surface area contributed by atoms with Gasteiger partial charge in [-0.15, -0.1) is 0 Å². The van der Waals surface area contributed by atoms with Crippen LogP contribution in [0.4, 0.5) is 17.3 Å². The Morgan fingerprint density at radius 1 is 1.17 bits per heavy atom. The highest BCUT2D eigenvalue weighted by molar-refractivity contribution is 6.32. The van der Waals surface area contributed by atoms with E-state index in [1.807, 2.05) is 29.2 Å². The van der Waals surface area contributed by atoms with Gasteiger partial charge in [0.25, 0.3) is 5.91 Å². The summed E-state index contributed by atoms with van der Waals surface area (Å²) in [6.07, 6.45) is 3.63. The maximum atomic E-state index is 13.1. The topological polar surface area (TPSA) is 132 Å². The maximum absolute atomic E-state index is 13.1. The summed E-state index contributed by atoms with van der Waals surface area (Å²) in [5.74, 6) is 1.40. The van der Waals surface area contributed by atoms with Crippen molar-refractivity contribution < 1.29 is 19.4 Å². The van der Waals surface area contributed by atoms with Gasteiger partial charge in [0, 0.05) is 51.2 Å². The summed E-state index contributed by atoms with van der Waals surface area (Å²) >= 11 is 0. The average molecular weight is 480 g/mol. The van der Waals surface area contributed by atoms with Crippen LogP contribution in [-0.2, 0) is 9.59 Å². The molecule has 1 aromatic carbocycles. The van der Waals surface area contributed by atoms with E-state index in [-0.39, 0.29) is 17.9 Å². The Kier molecular flexibility index (Phi) is 6.51. The van der Waals surface area contributed by atoms with Gasteiger partial charge in [0.15, 0.2) is 0 Å². The molecule has 0 aliphatic carbocycles. The van der Waals surface area contributed by atoms with Crippen LogP contribution in [0.3, 0.4) is 0 Å². The SMILES string of the molecule is CN1CCCNc2ncnc3c2/C(=C/Nc2cccc(c2)OCCN2C[C@H](O)C[C@@H]2C1=O)C(=O)N3. The summed E-state index contributed by atoms with van der Waals surface area (Å²) in [6.45, 7) is 2.46. The molecule has 11 nitrogen and oxygen atoms in total. The number of hydrogen-bond donors (Lipinski definition) is 4. The van der Waals surface area contributed by atoms with Gasteiger partial charge in [0.1, 0.15) is 30.3 Å². The molecule has 0 unspecified atom stereocenters. The molecule has 184 valence electrons. The van der Waals surface area contributed by atoms with Crippen LogP contribution in [0.2, 0.25) is 0 Å². The summed E-state index contributed by atoms with van der Waals surface area (Å²) in [5.41, 5.74) is 1.79. The molecule has 4 heterocycles. The van der Waals surface area contributed by atoms with Crippen LogP contribution in [0.15, 0.2) is 36.8 Å². The summed E-state index contributed by atoms with van der Waals surface area (Å²) in [7, 11) is 1.78. The monoisotopic (exact) mass is 479 g/mol. The zero-order chi connectivity index (χ0) is 24.4. The molecule has 2 amide bonds. The first-order valence-corrected chi connectivity index (χ1v) is 11.8. The lowest BCUT2D eigenvalue weighted by molar-refractivity contribution is -0.134. The molecule has 1 saturated heterocycles. The molecule has 0 spiro atoms. The second-order valence-electron chi connectivity index (χ2n) is 8.92. The van der Waals surface area contributed by atoms with Crippen molar-refractivity contribution in [2.24, 2.45) is 0 Å². The maximum Gasteiger partial charge on any atom is 0.259 e. The van der Waals surface area contributed by atoms with Crippen LogP contribution in [0, 0.1) is 0 Å². The summed E-state index contributed by atoms with van der Waals surface area (Å²) < 4.78 is 5.94. The molecule has 2 atom stereocenters. The number of aliphatic hydroxyl groups excluding tert-OH is 1. The molecular weight excluding hydrogens is 450 g/mol. The fourth-order valence-electron chi connectivity index (χ4n) is 4.68. The number of amides is 2. The lowest BCUT2D eigenvalue weighted by Gasteiger charge is -2.27. The van der Waals surface area contributed by atoms with Gasteiger partial charge in [0.05, 0.1) is 23.3 Å². The van der Waals surface area contributed by atoms with Crippen LogP contribution in [0.25, 0.3) is 5.57 Å². The molecule has 4 N–H and O–H groups in total. The molecule has 0 radical (unpaired) electrons. The molecule has 1 aromatic heterocycles. The Labute approximate surface area is 203 Å². The van der Waals surface area contributed by atoms with Crippen molar-refractivity contribution >= 4 is 34.7 Å². The van der Waals surface area contributed by atoms with E-state index in [2.05, 4.69) is 25.9 Å². The molecule has 2 aromatic rings. The first kappa shape index (κ1) is 23.1. The van der Waals surface area contributed by atoms with Gasteiger partial charge in [-0.1, -0.05) is 6.07 Å². The summed E-state index contributed by atoms with van der Waals surface area (Å²) in [6, 6.07) is 7.06. The van der Waals surface area contributed by atoms with E-state index < -0.39 is 6.10 Å². The van der Waals surface area contributed by atoms with Crippen molar-refractivity contribution in [2.75, 3.05) is 55.8 Å². The number of carbonyl (C=O) groups excluding carboxylic acids is 2. The Hall–Kier alpha value is -3.70. The number of anilines is 3. The third kappa shape index (κ3) is 4.91. The molecule has 3 aliphatic rings. The molecule has 35 heavy (non-hydrogen) atoms. The molecular formula is C24H29N7O4. The number of benzene rings is 1. The minimum Gasteiger partial charge on any atom is -0.492 e. The van der Waals surface area contributed by atoms with E-state index in [9.17, 15) is 14.7 Å². The number of likely N-dealkylation sites (N-methyl/N-ethyl adjacent to an activating group) is 1. The molecule has 3 aliphatic heterocycles. The van der Waals surface area contributed by atoms with Gasteiger partial charge in [-0.05, 0) is 25.0 Å². The highest BCUT2D eigenvalue weighted by Crippen LogP contribution is 2.34. The Balaban J connectivity index is 1.42. The van der Waals surface area contributed by atoms with E-state index in [4.69, 9.17) is 4.74 Å². The van der Waals surface area contributed by atoms with Crippen molar-refractivity contribution in [1.82, 2.24) is 19.8 Å². The molecule has 1 fully saturated rings. The second kappa shape index (κ2) is 9.88. The third-order valence-corrected chi connectivity index (χ3v) is 6.46. The fourth-order valence-corrected chi connectivity index (χ4v) is 4.68. The van der Waals surface area contributed by atoms with Gasteiger partial charge < -0.3 is 30.7 Å². The van der Waals surface area contributed by atoms with Gasteiger partial charge >= 0.3 is 0 Å². The number of fused-ring (bicyclic) bond motifs is 3. The van der Waals surface area contributed by atoms with Crippen molar-refractivity contribution in [3.63, 3.8) is 0 Å². The zero-order valence-electron chi connectivity index (χ0n) is 19.5. The smallest absolute Gasteiger partial charge is 0.259 e. The quantitative estimate of drug-likeness (QED) is 0.436. The van der Waals surface area contributed by atoms with Crippen molar-refractivity contribution in [3.05, 3.63) is 42.4 Å². The Bertz CT molecular complexity index is 1150. The molecule has 2 bridgehead atoms. The Morgan fingerprint density at radius 3 is 2.91 bits per heavy atom. The highest BCUT2D eigenvalue weighted by atomic mass is 16.5. The number of carbonyl (C=O) groups is 2. The fraction of sp³-hybridized carbons (Fsp3) is 0.417. The van der Waals surface area contributed by atoms with E-state index in [0.717, 1.165) is 5.69 Å². The molecule has 0 saturated carbocycles. The summed E-state index contributed by atoms with van der Waals surface area (Å²) in [5, 5.41) is 19.4. The van der Waals surface area contributed by atoms with Crippen molar-refractivity contribution in [2.45, 2.75) is 25.0 Å². The minimum atomic E-state index is -0.526. The predicted octanol–water partition coefficient (Wildman–Crippen LogP) is 0.970. The lowest BCUT2D eigenvalue weighted by atomic mass is 10.1. The standard InChI is InChI=1S/C24H29N7O4/c1-30-7-3-6-25-21-20-18(23(33)29-22(20)28-14-27-21)12-26-15-4-2-5-17(10-15)35-9-8-31-13-16(32)11-19(31)24(30)34/h2,4-5,10,12,14,16,19,26,32H,3,6-9,11,13H2,1H3,(H2,25,27,28,29,33)/b18-12-/t16-,19-/m1/s1. The average Bonchev–Trinajstić information content (AvgIpc) is 3.38. The number of nitrogens with zero attached hydrogens (tertiary/aromatic N) is 4. The van der Waals surface area contributed by atoms with Gasteiger partial charge in [-0.2, -0.15) is 0 Å². The van der Waals surface area contributed by atoms with Crippen LogP contribution in [-0.4, -0.2) is 88.7 Å². The number of rotatable bonds is 0. The van der Waals surface area contributed by atoms with Crippen LogP contribution >= 0.6 is 0 Å². The van der Waals surface area contributed by atoms with Crippen molar-refractivity contribution in [3.8, 4) is 5.75 Å². The van der Waals surface area contributed by atoms with Crippen molar-refractivity contribution in [1.29, 1.82) is 0 Å². The summed E-state index contributed by atoms with van der Waals surface area (Å²) in [4.78, 5) is 38.0. The third-order valence-electron chi connectivity index (χ3n) is 6.46. The largest absolute Gasteiger partial charge is 0.492 e. The van der Waals surface area contributed by atoms with Gasteiger partial charge in [0.2, 0.25) is 5.91 Å². The minimum absolute atomic E-state index is 0.00592. The predicted molar refractivity (Wildman–Crippen MR) is 131 cm³/mol. The van der Waals surface area contributed by atoms with E-state index in [1.165, 1.54) is 6.33 Å². The van der Waals surface area contributed by atoms with E-state index >= 15 is 0 Å². The Morgan fingerprint density at radius 2 is 2.03 bits per heavy atom. The van der Waals surface area contributed by atoms with Crippen LogP contribution < -0.4 is 20.7 Å². The zero-order valence-corrected chi connectivity index (χ0v) is 19.5. The van der Waals surface area contributed by atoms with E-state index in [1.54, 1.807) is 18.1 Å². The number of hydrogen-bond acceptors (Lipinski definition) is 9. The normalized spacial score (nSPS) is 24.9.